The molecule has 0 aromatic heterocycles. The van der Waals surface area contributed by atoms with Crippen molar-refractivity contribution < 1.29 is 27.5 Å². The summed E-state index contributed by atoms with van der Waals surface area (Å²) >= 11 is 0. The molecular weight excluding hydrogens is 237 g/mol. The molecule has 0 aliphatic rings. The SMILES string of the molecule is CC(C)(C)OC(=O)C[C@H](C=O)CCC(F)(F)F. The van der Waals surface area contributed by atoms with Crippen LogP contribution in [0.1, 0.15) is 40.0 Å². The first-order valence-corrected chi connectivity index (χ1v) is 5.27. The third-order valence-corrected chi connectivity index (χ3v) is 1.84. The number of ether oxygens (including phenoxy) is 1. The lowest BCUT2D eigenvalue weighted by atomic mass is 10.0. The summed E-state index contributed by atoms with van der Waals surface area (Å²) in [4.78, 5) is 21.8. The fraction of sp³-hybridized carbons (Fsp3) is 0.818. The maximum atomic E-state index is 11.9. The predicted molar refractivity (Wildman–Crippen MR) is 55.3 cm³/mol. The number of alkyl halides is 3. The van der Waals surface area contributed by atoms with E-state index in [0.717, 1.165) is 0 Å². The van der Waals surface area contributed by atoms with E-state index in [1.807, 2.05) is 0 Å². The molecule has 0 saturated heterocycles. The lowest BCUT2D eigenvalue weighted by Crippen LogP contribution is -2.26. The smallest absolute Gasteiger partial charge is 0.389 e. The molecule has 0 aromatic rings. The van der Waals surface area contributed by atoms with Gasteiger partial charge in [0, 0.05) is 12.3 Å². The van der Waals surface area contributed by atoms with Crippen molar-refractivity contribution in [3.8, 4) is 0 Å². The standard InChI is InChI=1S/C11H17F3O3/c1-10(2,3)17-9(16)6-8(7-15)4-5-11(12,13)14/h7-8H,4-6H2,1-3H3/t8-/m1/s1. The minimum Gasteiger partial charge on any atom is -0.460 e. The molecule has 3 nitrogen and oxygen atoms in total. The van der Waals surface area contributed by atoms with Crippen LogP contribution in [0.4, 0.5) is 13.2 Å². The van der Waals surface area contributed by atoms with E-state index in [4.69, 9.17) is 4.74 Å². The fourth-order valence-corrected chi connectivity index (χ4v) is 1.16. The molecule has 0 aromatic carbocycles. The molecule has 6 heteroatoms. The Morgan fingerprint density at radius 2 is 1.82 bits per heavy atom. The van der Waals surface area contributed by atoms with Crippen molar-refractivity contribution in [1.29, 1.82) is 0 Å². The number of esters is 1. The van der Waals surface area contributed by atoms with Crippen molar-refractivity contribution in [2.75, 3.05) is 0 Å². The second-order valence-corrected chi connectivity index (χ2v) is 4.84. The summed E-state index contributed by atoms with van der Waals surface area (Å²) in [5, 5.41) is 0. The molecule has 1 atom stereocenters. The predicted octanol–water partition coefficient (Wildman–Crippen LogP) is 2.88. The van der Waals surface area contributed by atoms with Crippen LogP contribution < -0.4 is 0 Å². The molecule has 0 fully saturated rings. The molecule has 0 aliphatic heterocycles. The van der Waals surface area contributed by atoms with Gasteiger partial charge in [-0.1, -0.05) is 0 Å². The number of hydrogen-bond donors (Lipinski definition) is 0. The van der Waals surface area contributed by atoms with Crippen LogP contribution in [-0.4, -0.2) is 24.0 Å². The van der Waals surface area contributed by atoms with Crippen LogP contribution in [0.5, 0.6) is 0 Å². The van der Waals surface area contributed by atoms with E-state index in [0.29, 0.717) is 6.29 Å². The zero-order valence-corrected chi connectivity index (χ0v) is 10.1. The van der Waals surface area contributed by atoms with E-state index < -0.39 is 30.1 Å². The maximum absolute atomic E-state index is 11.9. The van der Waals surface area contributed by atoms with Crippen molar-refractivity contribution >= 4 is 12.3 Å². The average Bonchev–Trinajstić information content (AvgIpc) is 2.07. The molecule has 0 N–H and O–H groups in total. The van der Waals surface area contributed by atoms with Gasteiger partial charge in [-0.2, -0.15) is 13.2 Å². The average molecular weight is 254 g/mol. The first-order chi connectivity index (χ1) is 7.53. The molecule has 17 heavy (non-hydrogen) atoms. The van der Waals surface area contributed by atoms with Gasteiger partial charge in [0.1, 0.15) is 11.9 Å². The van der Waals surface area contributed by atoms with Gasteiger partial charge in [0.05, 0.1) is 6.42 Å². The fourth-order valence-electron chi connectivity index (χ4n) is 1.16. The Labute approximate surface area is 98.3 Å². The zero-order chi connectivity index (χ0) is 13.7. The van der Waals surface area contributed by atoms with Gasteiger partial charge in [-0.05, 0) is 27.2 Å². The van der Waals surface area contributed by atoms with E-state index >= 15 is 0 Å². The van der Waals surface area contributed by atoms with Crippen LogP contribution >= 0.6 is 0 Å². The van der Waals surface area contributed by atoms with Crippen LogP contribution in [0.2, 0.25) is 0 Å². The number of aldehydes is 1. The summed E-state index contributed by atoms with van der Waals surface area (Å²) in [7, 11) is 0. The lowest BCUT2D eigenvalue weighted by Gasteiger charge is -2.20. The van der Waals surface area contributed by atoms with Crippen molar-refractivity contribution in [3.63, 3.8) is 0 Å². The number of hydrogen-bond acceptors (Lipinski definition) is 3. The Bertz CT molecular complexity index is 266. The quantitative estimate of drug-likeness (QED) is 0.559. The number of rotatable bonds is 5. The van der Waals surface area contributed by atoms with Gasteiger partial charge < -0.3 is 9.53 Å². The van der Waals surface area contributed by atoms with Crippen molar-refractivity contribution in [1.82, 2.24) is 0 Å². The molecule has 0 heterocycles. The maximum Gasteiger partial charge on any atom is 0.389 e. The second kappa shape index (κ2) is 6.02. The van der Waals surface area contributed by atoms with Crippen molar-refractivity contribution in [3.05, 3.63) is 0 Å². The Balaban J connectivity index is 4.14. The molecular formula is C11H17F3O3. The molecule has 0 radical (unpaired) electrons. The molecule has 0 saturated carbocycles. The van der Waals surface area contributed by atoms with Crippen LogP contribution in [0.25, 0.3) is 0 Å². The zero-order valence-electron chi connectivity index (χ0n) is 10.1. The summed E-state index contributed by atoms with van der Waals surface area (Å²) in [6.07, 6.45) is -5.70. The van der Waals surface area contributed by atoms with Gasteiger partial charge >= 0.3 is 12.1 Å². The lowest BCUT2D eigenvalue weighted by molar-refractivity contribution is -0.158. The minimum atomic E-state index is -4.31. The van der Waals surface area contributed by atoms with E-state index in [1.54, 1.807) is 20.8 Å². The van der Waals surface area contributed by atoms with E-state index in [2.05, 4.69) is 0 Å². The molecule has 0 aliphatic carbocycles. The summed E-state index contributed by atoms with van der Waals surface area (Å²) in [6.45, 7) is 4.95. The van der Waals surface area contributed by atoms with E-state index in [9.17, 15) is 22.8 Å². The van der Waals surface area contributed by atoms with Crippen molar-refractivity contribution in [2.45, 2.75) is 51.8 Å². The van der Waals surface area contributed by atoms with Crippen molar-refractivity contribution in [2.24, 2.45) is 5.92 Å². The van der Waals surface area contributed by atoms with Gasteiger partial charge in [-0.25, -0.2) is 0 Å². The first-order valence-electron chi connectivity index (χ1n) is 5.27. The molecule has 0 unspecified atom stereocenters. The van der Waals surface area contributed by atoms with Crippen LogP contribution in [0, 0.1) is 5.92 Å². The Morgan fingerprint density at radius 3 is 2.18 bits per heavy atom. The minimum absolute atomic E-state index is 0.309. The van der Waals surface area contributed by atoms with Crippen LogP contribution in [0.3, 0.4) is 0 Å². The monoisotopic (exact) mass is 254 g/mol. The van der Waals surface area contributed by atoms with Gasteiger partial charge in [-0.3, -0.25) is 4.79 Å². The molecule has 100 valence electrons. The highest BCUT2D eigenvalue weighted by molar-refractivity contribution is 5.74. The normalized spacial score (nSPS) is 14.2. The van der Waals surface area contributed by atoms with Gasteiger partial charge in [-0.15, -0.1) is 0 Å². The Kier molecular flexibility index (Phi) is 5.64. The molecule has 0 bridgehead atoms. The summed E-state index contributed by atoms with van der Waals surface area (Å²) < 4.78 is 40.7. The number of halogens is 3. The summed E-state index contributed by atoms with van der Waals surface area (Å²) in [6, 6.07) is 0. The van der Waals surface area contributed by atoms with Crippen LogP contribution in [0.15, 0.2) is 0 Å². The van der Waals surface area contributed by atoms with Gasteiger partial charge in [0.2, 0.25) is 0 Å². The highest BCUT2D eigenvalue weighted by atomic mass is 19.4. The molecule has 0 spiro atoms. The largest absolute Gasteiger partial charge is 0.460 e. The number of carbonyl (C=O) groups excluding carboxylic acids is 2. The first kappa shape index (κ1) is 15.9. The topological polar surface area (TPSA) is 43.4 Å². The van der Waals surface area contributed by atoms with Gasteiger partial charge in [0.15, 0.2) is 0 Å². The highest BCUT2D eigenvalue weighted by Gasteiger charge is 2.29. The Hall–Kier alpha value is -1.07. The highest BCUT2D eigenvalue weighted by Crippen LogP contribution is 2.25. The third-order valence-electron chi connectivity index (χ3n) is 1.84. The summed E-state index contributed by atoms with van der Waals surface area (Å²) in [5.41, 5.74) is -0.700. The van der Waals surface area contributed by atoms with Gasteiger partial charge in [0.25, 0.3) is 0 Å². The molecule has 0 amide bonds. The second-order valence-electron chi connectivity index (χ2n) is 4.84. The van der Waals surface area contributed by atoms with E-state index in [1.165, 1.54) is 0 Å². The molecule has 0 rings (SSSR count). The third kappa shape index (κ3) is 9.84. The van der Waals surface area contributed by atoms with E-state index in [-0.39, 0.29) is 12.8 Å². The Morgan fingerprint density at radius 1 is 1.29 bits per heavy atom. The van der Waals surface area contributed by atoms with Crippen LogP contribution in [-0.2, 0) is 14.3 Å². The number of carbonyl (C=O) groups is 2. The summed E-state index contributed by atoms with van der Waals surface area (Å²) in [5.74, 6) is -1.59.